The molecule has 92 valence electrons. The minimum absolute atomic E-state index is 0.0131. The number of carbonyl (C=O) groups excluding carboxylic acids is 1. The van der Waals surface area contributed by atoms with Crippen molar-refractivity contribution in [2.75, 3.05) is 5.32 Å². The Bertz CT molecular complexity index is 418. The number of nitrogens with one attached hydrogen (secondary N) is 1. The topological polar surface area (TPSA) is 54.9 Å². The lowest BCUT2D eigenvalue weighted by molar-refractivity contribution is -0.120. The van der Waals surface area contributed by atoms with E-state index in [0.717, 1.165) is 19.3 Å². The highest BCUT2D eigenvalue weighted by Gasteiger charge is 2.29. The molecule has 0 saturated heterocycles. The first kappa shape index (κ1) is 12.6. The van der Waals surface area contributed by atoms with Crippen LogP contribution in [0.1, 0.15) is 26.2 Å². The van der Waals surface area contributed by atoms with E-state index in [2.05, 4.69) is 22.2 Å². The van der Waals surface area contributed by atoms with Gasteiger partial charge in [-0.05, 0) is 30.4 Å². The Hall–Kier alpha value is -0.870. The van der Waals surface area contributed by atoms with E-state index in [0.29, 0.717) is 11.7 Å². The summed E-state index contributed by atoms with van der Waals surface area (Å²) in [5.41, 5.74) is 0. The van der Waals surface area contributed by atoms with Crippen molar-refractivity contribution in [3.8, 4) is 0 Å². The zero-order chi connectivity index (χ0) is 12.4. The fourth-order valence-electron chi connectivity index (χ4n) is 2.21. The second kappa shape index (κ2) is 5.19. The van der Waals surface area contributed by atoms with Gasteiger partial charge in [0.1, 0.15) is 11.0 Å². The minimum atomic E-state index is -0.0131. The molecule has 4 nitrogen and oxygen atoms in total. The van der Waals surface area contributed by atoms with Gasteiger partial charge in [0.15, 0.2) is 0 Å². The normalized spacial score (nSPS) is 23.7. The van der Waals surface area contributed by atoms with Crippen LogP contribution in [0, 0.1) is 11.8 Å². The van der Waals surface area contributed by atoms with Crippen molar-refractivity contribution in [1.29, 1.82) is 0 Å². The van der Waals surface area contributed by atoms with Gasteiger partial charge in [-0.3, -0.25) is 4.79 Å². The maximum absolute atomic E-state index is 12.0. The maximum Gasteiger partial charge on any atom is 0.228 e. The Morgan fingerprint density at radius 3 is 2.76 bits per heavy atom. The third-order valence-corrected chi connectivity index (χ3v) is 3.48. The van der Waals surface area contributed by atoms with Gasteiger partial charge in [0.2, 0.25) is 11.2 Å². The van der Waals surface area contributed by atoms with Crippen LogP contribution in [0.4, 0.5) is 5.82 Å². The molecule has 0 aliphatic heterocycles. The molecule has 1 aliphatic rings. The standard InChI is InChI=1S/C11H13Cl2N3O/c1-6-3-2-4-7(6)10(17)15-9-5-8(12)14-11(13)16-9/h5-7H,2-4H2,1H3,(H,14,15,16,17). The van der Waals surface area contributed by atoms with Crippen molar-refractivity contribution in [2.24, 2.45) is 11.8 Å². The highest BCUT2D eigenvalue weighted by molar-refractivity contribution is 6.32. The molecule has 17 heavy (non-hydrogen) atoms. The van der Waals surface area contributed by atoms with Crippen LogP contribution in [-0.2, 0) is 4.79 Å². The molecular formula is C11H13Cl2N3O. The van der Waals surface area contributed by atoms with E-state index >= 15 is 0 Å². The monoisotopic (exact) mass is 273 g/mol. The SMILES string of the molecule is CC1CCCC1C(=O)Nc1cc(Cl)nc(Cl)n1. The van der Waals surface area contributed by atoms with Crippen LogP contribution < -0.4 is 5.32 Å². The number of halogens is 2. The highest BCUT2D eigenvalue weighted by atomic mass is 35.5. The minimum Gasteiger partial charge on any atom is -0.310 e. The van der Waals surface area contributed by atoms with Gasteiger partial charge in [-0.2, -0.15) is 0 Å². The Morgan fingerprint density at radius 1 is 1.41 bits per heavy atom. The van der Waals surface area contributed by atoms with E-state index in [1.54, 1.807) is 0 Å². The molecule has 0 bridgehead atoms. The first-order valence-electron chi connectivity index (χ1n) is 5.57. The largest absolute Gasteiger partial charge is 0.310 e. The summed E-state index contributed by atoms with van der Waals surface area (Å²) in [5, 5.41) is 2.99. The molecule has 2 rings (SSSR count). The lowest BCUT2D eigenvalue weighted by atomic mass is 9.97. The van der Waals surface area contributed by atoms with E-state index < -0.39 is 0 Å². The van der Waals surface area contributed by atoms with Gasteiger partial charge < -0.3 is 5.32 Å². The summed E-state index contributed by atoms with van der Waals surface area (Å²) in [7, 11) is 0. The molecule has 1 amide bonds. The van der Waals surface area contributed by atoms with Crippen LogP contribution in [0.2, 0.25) is 10.4 Å². The molecule has 1 saturated carbocycles. The molecule has 1 aliphatic carbocycles. The van der Waals surface area contributed by atoms with Crippen molar-refractivity contribution >= 4 is 34.9 Å². The third-order valence-electron chi connectivity index (χ3n) is 3.12. The van der Waals surface area contributed by atoms with Crippen molar-refractivity contribution in [3.63, 3.8) is 0 Å². The zero-order valence-electron chi connectivity index (χ0n) is 9.41. The fourth-order valence-corrected chi connectivity index (χ4v) is 2.62. The lowest BCUT2D eigenvalue weighted by Crippen LogP contribution is -2.25. The smallest absolute Gasteiger partial charge is 0.228 e. The summed E-state index contributed by atoms with van der Waals surface area (Å²) in [5.74, 6) is 0.824. The van der Waals surface area contributed by atoms with Crippen molar-refractivity contribution in [2.45, 2.75) is 26.2 Å². The summed E-state index contributed by atoms with van der Waals surface area (Å²) in [6.45, 7) is 2.09. The zero-order valence-corrected chi connectivity index (χ0v) is 10.9. The molecular weight excluding hydrogens is 261 g/mol. The van der Waals surface area contributed by atoms with E-state index in [1.807, 2.05) is 0 Å². The summed E-state index contributed by atoms with van der Waals surface area (Å²) in [4.78, 5) is 19.6. The quantitative estimate of drug-likeness (QED) is 0.665. The Labute approximate surface area is 110 Å². The van der Waals surface area contributed by atoms with Crippen molar-refractivity contribution in [1.82, 2.24) is 9.97 Å². The second-order valence-electron chi connectivity index (χ2n) is 4.35. The molecule has 6 heteroatoms. The first-order valence-corrected chi connectivity index (χ1v) is 6.33. The predicted octanol–water partition coefficient (Wildman–Crippen LogP) is 3.16. The number of rotatable bonds is 2. The van der Waals surface area contributed by atoms with Crippen molar-refractivity contribution in [3.05, 3.63) is 16.5 Å². The maximum atomic E-state index is 12.0. The highest BCUT2D eigenvalue weighted by Crippen LogP contribution is 2.32. The average molecular weight is 274 g/mol. The Morgan fingerprint density at radius 2 is 2.18 bits per heavy atom. The molecule has 1 heterocycles. The lowest BCUT2D eigenvalue weighted by Gasteiger charge is -2.14. The molecule has 1 aromatic heterocycles. The number of carbonyl (C=O) groups is 1. The molecule has 0 radical (unpaired) electrons. The first-order chi connectivity index (χ1) is 8.06. The van der Waals surface area contributed by atoms with Crippen LogP contribution in [0.5, 0.6) is 0 Å². The van der Waals surface area contributed by atoms with Crippen LogP contribution in [0.15, 0.2) is 6.07 Å². The fraction of sp³-hybridized carbons (Fsp3) is 0.545. The van der Waals surface area contributed by atoms with Crippen LogP contribution in [0.3, 0.4) is 0 Å². The number of hydrogen-bond acceptors (Lipinski definition) is 3. The molecule has 0 spiro atoms. The van der Waals surface area contributed by atoms with Gasteiger partial charge in [0.25, 0.3) is 0 Å². The summed E-state index contributed by atoms with van der Waals surface area (Å²) in [6.07, 6.45) is 3.13. The number of anilines is 1. The van der Waals surface area contributed by atoms with Crippen LogP contribution in [0.25, 0.3) is 0 Å². The van der Waals surface area contributed by atoms with E-state index in [1.165, 1.54) is 6.07 Å². The van der Waals surface area contributed by atoms with Gasteiger partial charge in [-0.1, -0.05) is 24.9 Å². The van der Waals surface area contributed by atoms with Crippen LogP contribution >= 0.6 is 23.2 Å². The molecule has 2 unspecified atom stereocenters. The molecule has 1 fully saturated rings. The molecule has 1 N–H and O–H groups in total. The van der Waals surface area contributed by atoms with Gasteiger partial charge in [-0.25, -0.2) is 9.97 Å². The number of aromatic nitrogens is 2. The van der Waals surface area contributed by atoms with Gasteiger partial charge in [-0.15, -0.1) is 0 Å². The van der Waals surface area contributed by atoms with Crippen LogP contribution in [-0.4, -0.2) is 15.9 Å². The number of hydrogen-bond donors (Lipinski definition) is 1. The third kappa shape index (κ3) is 3.07. The Balaban J connectivity index is 2.07. The van der Waals surface area contributed by atoms with Gasteiger partial charge in [0, 0.05) is 12.0 Å². The Kier molecular flexibility index (Phi) is 3.84. The second-order valence-corrected chi connectivity index (χ2v) is 5.07. The van der Waals surface area contributed by atoms with E-state index in [4.69, 9.17) is 23.2 Å². The predicted molar refractivity (Wildman–Crippen MR) is 67.2 cm³/mol. The molecule has 1 aromatic rings. The van der Waals surface area contributed by atoms with Crippen molar-refractivity contribution < 1.29 is 4.79 Å². The van der Waals surface area contributed by atoms with Gasteiger partial charge >= 0.3 is 0 Å². The summed E-state index contributed by atoms with van der Waals surface area (Å²) in [6, 6.07) is 1.49. The average Bonchev–Trinajstić information content (AvgIpc) is 2.62. The number of amides is 1. The van der Waals surface area contributed by atoms with E-state index in [9.17, 15) is 4.79 Å². The molecule has 2 atom stereocenters. The molecule has 0 aromatic carbocycles. The summed E-state index contributed by atoms with van der Waals surface area (Å²) < 4.78 is 0. The van der Waals surface area contributed by atoms with Gasteiger partial charge in [0.05, 0.1) is 0 Å². The summed E-state index contributed by atoms with van der Waals surface area (Å²) >= 11 is 11.4. The van der Waals surface area contributed by atoms with E-state index in [-0.39, 0.29) is 22.3 Å². The number of nitrogens with zero attached hydrogens (tertiary/aromatic N) is 2.